The highest BCUT2D eigenvalue weighted by Gasteiger charge is 2.30. The van der Waals surface area contributed by atoms with Gasteiger partial charge in [-0.15, -0.1) is 0 Å². The van der Waals surface area contributed by atoms with Crippen molar-refractivity contribution in [1.82, 2.24) is 4.90 Å². The van der Waals surface area contributed by atoms with E-state index >= 15 is 0 Å². The highest BCUT2D eigenvalue weighted by Crippen LogP contribution is 2.36. The van der Waals surface area contributed by atoms with Crippen molar-refractivity contribution in [1.29, 1.82) is 0 Å². The Balaban J connectivity index is 1.61. The van der Waals surface area contributed by atoms with Crippen LogP contribution in [0.5, 0.6) is 0 Å². The van der Waals surface area contributed by atoms with Gasteiger partial charge in [-0.25, -0.2) is 0 Å². The molecule has 1 aliphatic carbocycles. The van der Waals surface area contributed by atoms with E-state index in [1.807, 2.05) is 18.2 Å². The molecule has 21 heavy (non-hydrogen) atoms. The second-order valence-electron chi connectivity index (χ2n) is 6.05. The second-order valence-corrected chi connectivity index (χ2v) is 8.47. The van der Waals surface area contributed by atoms with Gasteiger partial charge < -0.3 is 4.90 Å². The molecule has 5 heteroatoms. The number of fused-ring (bicyclic) bond motifs is 4. The van der Waals surface area contributed by atoms with Crippen molar-refractivity contribution in [2.24, 2.45) is 11.8 Å². The summed E-state index contributed by atoms with van der Waals surface area (Å²) in [6.45, 7) is 2.27. The quantitative estimate of drug-likeness (QED) is 0.629. The van der Waals surface area contributed by atoms with Crippen molar-refractivity contribution in [3.63, 3.8) is 0 Å². The molecule has 2 saturated heterocycles. The van der Waals surface area contributed by atoms with Gasteiger partial charge in [0.05, 0.1) is 0 Å². The zero-order valence-electron chi connectivity index (χ0n) is 11.9. The molecule has 2 aliphatic heterocycles. The monoisotopic (exact) mass is 359 g/mol. The molecule has 1 aromatic carbocycles. The Morgan fingerprint density at radius 1 is 1.10 bits per heavy atom. The van der Waals surface area contributed by atoms with Gasteiger partial charge in [-0.1, -0.05) is 53.2 Å². The molecule has 1 aromatic rings. The summed E-state index contributed by atoms with van der Waals surface area (Å²) in [6.07, 6.45) is 5.52. The number of benzene rings is 1. The SMILES string of the molecule is S=C(SCc1c(Cl)cccc1Cl)N1CC2CCC(CC2)C1. The third kappa shape index (κ3) is 3.87. The maximum atomic E-state index is 6.23. The van der Waals surface area contributed by atoms with Gasteiger partial charge in [-0.05, 0) is 55.2 Å². The molecular weight excluding hydrogens is 341 g/mol. The third-order valence-electron chi connectivity index (χ3n) is 4.58. The lowest BCUT2D eigenvalue weighted by molar-refractivity contribution is 0.326. The Morgan fingerprint density at radius 3 is 2.14 bits per heavy atom. The highest BCUT2D eigenvalue weighted by atomic mass is 35.5. The Hall–Kier alpha value is 0.0400. The number of hydrogen-bond donors (Lipinski definition) is 0. The van der Waals surface area contributed by atoms with Gasteiger partial charge in [0.1, 0.15) is 4.32 Å². The van der Waals surface area contributed by atoms with Crippen LogP contribution in [0.3, 0.4) is 0 Å². The Labute approximate surface area is 146 Å². The average Bonchev–Trinajstić information content (AvgIpc) is 2.80. The molecule has 4 rings (SSSR count). The van der Waals surface area contributed by atoms with E-state index in [0.29, 0.717) is 0 Å². The van der Waals surface area contributed by atoms with Crippen LogP contribution in [-0.4, -0.2) is 22.3 Å². The average molecular weight is 360 g/mol. The standard InChI is InChI=1S/C16H19Cl2NS2/c17-14-2-1-3-15(18)13(14)10-21-16(20)19-8-11-4-5-12(9-19)7-6-11/h1-3,11-12H,4-10H2. The molecule has 0 aromatic heterocycles. The first-order chi connectivity index (χ1) is 10.1. The normalized spacial score (nSPS) is 25.0. The van der Waals surface area contributed by atoms with Crippen LogP contribution in [-0.2, 0) is 5.75 Å². The summed E-state index contributed by atoms with van der Waals surface area (Å²) < 4.78 is 1.00. The van der Waals surface area contributed by atoms with Gasteiger partial charge in [0.2, 0.25) is 0 Å². The second kappa shape index (κ2) is 7.08. The van der Waals surface area contributed by atoms with Crippen molar-refractivity contribution in [3.8, 4) is 0 Å². The van der Waals surface area contributed by atoms with E-state index in [-0.39, 0.29) is 0 Å². The van der Waals surface area contributed by atoms with Crippen LogP contribution in [0.2, 0.25) is 10.0 Å². The molecule has 3 aliphatic rings. The number of halogens is 2. The molecule has 1 saturated carbocycles. The maximum absolute atomic E-state index is 6.23. The summed E-state index contributed by atoms with van der Waals surface area (Å²) in [7, 11) is 0. The van der Waals surface area contributed by atoms with E-state index in [1.54, 1.807) is 11.8 Å². The minimum atomic E-state index is 0.730. The lowest BCUT2D eigenvalue weighted by atomic mass is 9.84. The molecule has 0 atom stereocenters. The fourth-order valence-electron chi connectivity index (χ4n) is 3.34. The van der Waals surface area contributed by atoms with Crippen LogP contribution in [0, 0.1) is 11.8 Å². The molecule has 2 heterocycles. The first-order valence-corrected chi connectivity index (χ1v) is 9.63. The van der Waals surface area contributed by atoms with E-state index in [2.05, 4.69) is 4.90 Å². The lowest BCUT2D eigenvalue weighted by Crippen LogP contribution is -2.31. The van der Waals surface area contributed by atoms with Crippen LogP contribution in [0.4, 0.5) is 0 Å². The Bertz CT molecular complexity index is 493. The van der Waals surface area contributed by atoms with Crippen molar-refractivity contribution in [2.75, 3.05) is 13.1 Å². The smallest absolute Gasteiger partial charge is 0.136 e. The molecular formula is C16H19Cl2NS2. The molecule has 3 fully saturated rings. The zero-order chi connectivity index (χ0) is 14.8. The fourth-order valence-corrected chi connectivity index (χ4v) is 5.26. The first kappa shape index (κ1) is 15.9. The Kier molecular flexibility index (Phi) is 5.36. The van der Waals surface area contributed by atoms with Crippen LogP contribution in [0.25, 0.3) is 0 Å². The number of nitrogens with zero attached hydrogens (tertiary/aromatic N) is 1. The van der Waals surface area contributed by atoms with Gasteiger partial charge in [0.15, 0.2) is 0 Å². The number of rotatable bonds is 2. The summed E-state index contributed by atoms with van der Waals surface area (Å²) in [5.41, 5.74) is 0.992. The van der Waals surface area contributed by atoms with E-state index in [9.17, 15) is 0 Å². The molecule has 0 radical (unpaired) electrons. The summed E-state index contributed by atoms with van der Waals surface area (Å²) in [6, 6.07) is 5.65. The van der Waals surface area contributed by atoms with Gasteiger partial charge >= 0.3 is 0 Å². The Morgan fingerprint density at radius 2 is 1.62 bits per heavy atom. The third-order valence-corrected chi connectivity index (χ3v) is 6.84. The van der Waals surface area contributed by atoms with Crippen LogP contribution < -0.4 is 0 Å². The topological polar surface area (TPSA) is 3.24 Å². The van der Waals surface area contributed by atoms with E-state index < -0.39 is 0 Å². The zero-order valence-corrected chi connectivity index (χ0v) is 15.0. The summed E-state index contributed by atoms with van der Waals surface area (Å²) in [5.74, 6) is 2.43. The van der Waals surface area contributed by atoms with Gasteiger partial charge in [-0.3, -0.25) is 0 Å². The molecule has 0 spiro atoms. The molecule has 0 N–H and O–H groups in total. The van der Waals surface area contributed by atoms with Crippen molar-refractivity contribution in [2.45, 2.75) is 31.4 Å². The van der Waals surface area contributed by atoms with Crippen molar-refractivity contribution >= 4 is 51.5 Å². The van der Waals surface area contributed by atoms with Crippen LogP contribution in [0.1, 0.15) is 31.2 Å². The van der Waals surface area contributed by atoms with E-state index in [0.717, 1.165) is 50.6 Å². The molecule has 1 nitrogen and oxygen atoms in total. The largest absolute Gasteiger partial charge is 0.357 e. The summed E-state index contributed by atoms with van der Waals surface area (Å²) >= 11 is 19.8. The van der Waals surface area contributed by atoms with Crippen molar-refractivity contribution in [3.05, 3.63) is 33.8 Å². The highest BCUT2D eigenvalue weighted by molar-refractivity contribution is 8.22. The maximum Gasteiger partial charge on any atom is 0.136 e. The predicted octanol–water partition coefficient (Wildman–Crippen LogP) is 5.63. The van der Waals surface area contributed by atoms with E-state index in [4.69, 9.17) is 35.4 Å². The van der Waals surface area contributed by atoms with Gasteiger partial charge in [-0.2, -0.15) is 0 Å². The lowest BCUT2D eigenvalue weighted by Gasteiger charge is -2.25. The minimum absolute atomic E-state index is 0.730. The number of thioether (sulfide) groups is 1. The van der Waals surface area contributed by atoms with Crippen molar-refractivity contribution < 1.29 is 0 Å². The van der Waals surface area contributed by atoms with Crippen LogP contribution >= 0.6 is 47.2 Å². The molecule has 114 valence electrons. The molecule has 2 bridgehead atoms. The van der Waals surface area contributed by atoms with E-state index in [1.165, 1.54) is 25.7 Å². The van der Waals surface area contributed by atoms with Gasteiger partial charge in [0.25, 0.3) is 0 Å². The number of thiocarbonyl (C=S) groups is 1. The molecule has 0 unspecified atom stereocenters. The summed E-state index contributed by atoms with van der Waals surface area (Å²) in [4.78, 5) is 2.42. The fraction of sp³-hybridized carbons (Fsp3) is 0.562. The minimum Gasteiger partial charge on any atom is -0.357 e. The van der Waals surface area contributed by atoms with Crippen LogP contribution in [0.15, 0.2) is 18.2 Å². The number of hydrogen-bond acceptors (Lipinski definition) is 2. The predicted molar refractivity (Wildman–Crippen MR) is 97.4 cm³/mol. The molecule has 0 amide bonds. The van der Waals surface area contributed by atoms with Gasteiger partial charge in [0, 0.05) is 28.9 Å². The summed E-state index contributed by atoms with van der Waals surface area (Å²) in [5, 5.41) is 1.46. The first-order valence-electron chi connectivity index (χ1n) is 7.48.